The highest BCUT2D eigenvalue weighted by Gasteiger charge is 2.30. The van der Waals surface area contributed by atoms with E-state index in [4.69, 9.17) is 11.6 Å². The van der Waals surface area contributed by atoms with Crippen LogP contribution < -0.4 is 5.32 Å². The molecule has 1 aliphatic heterocycles. The zero-order valence-corrected chi connectivity index (χ0v) is 11.9. The van der Waals surface area contributed by atoms with E-state index in [1.807, 2.05) is 7.05 Å². The molecule has 1 N–H and O–H groups in total. The average Bonchev–Trinajstić information content (AvgIpc) is 2.86. The third-order valence-electron chi connectivity index (χ3n) is 3.45. The van der Waals surface area contributed by atoms with Gasteiger partial charge in [-0.2, -0.15) is 0 Å². The first kappa shape index (κ1) is 14.7. The second-order valence-electron chi connectivity index (χ2n) is 4.88. The van der Waals surface area contributed by atoms with Gasteiger partial charge in [0.05, 0.1) is 4.92 Å². The molecule has 0 spiro atoms. The van der Waals surface area contributed by atoms with Gasteiger partial charge < -0.3 is 10.2 Å². The third-order valence-corrected chi connectivity index (χ3v) is 3.69. The van der Waals surface area contributed by atoms with Crippen LogP contribution in [0.1, 0.15) is 16.8 Å². The van der Waals surface area contributed by atoms with E-state index in [1.165, 1.54) is 18.2 Å². The number of rotatable bonds is 4. The molecule has 0 saturated carbocycles. The number of likely N-dealkylation sites (tertiary alicyclic amines) is 1. The zero-order chi connectivity index (χ0) is 14.7. The normalized spacial score (nSPS) is 18.3. The van der Waals surface area contributed by atoms with E-state index < -0.39 is 4.92 Å². The van der Waals surface area contributed by atoms with Crippen molar-refractivity contribution in [1.82, 2.24) is 10.2 Å². The maximum absolute atomic E-state index is 12.4. The number of nitro benzene ring substituents is 1. The van der Waals surface area contributed by atoms with Crippen molar-refractivity contribution in [3.05, 3.63) is 38.9 Å². The van der Waals surface area contributed by atoms with Crippen LogP contribution in [0.3, 0.4) is 0 Å². The Kier molecular flexibility index (Phi) is 4.57. The van der Waals surface area contributed by atoms with Crippen molar-refractivity contribution < 1.29 is 9.72 Å². The summed E-state index contributed by atoms with van der Waals surface area (Å²) in [5, 5.41) is 14.4. The number of amides is 1. The second-order valence-corrected chi connectivity index (χ2v) is 5.32. The smallest absolute Gasteiger partial charge is 0.282 e. The van der Waals surface area contributed by atoms with Crippen LogP contribution in [0, 0.1) is 16.0 Å². The summed E-state index contributed by atoms with van der Waals surface area (Å²) >= 11 is 5.85. The molecule has 1 amide bonds. The highest BCUT2D eigenvalue weighted by atomic mass is 35.5. The fourth-order valence-electron chi connectivity index (χ4n) is 2.48. The lowest BCUT2D eigenvalue weighted by atomic mass is 10.1. The van der Waals surface area contributed by atoms with E-state index in [0.717, 1.165) is 13.0 Å². The SMILES string of the molecule is CNCC1CCN(C(=O)c2cc(Cl)ccc2[N+](=O)[O-])C1. The van der Waals surface area contributed by atoms with Crippen molar-refractivity contribution in [2.45, 2.75) is 6.42 Å². The van der Waals surface area contributed by atoms with Crippen LogP contribution in [0.5, 0.6) is 0 Å². The lowest BCUT2D eigenvalue weighted by molar-refractivity contribution is -0.385. The van der Waals surface area contributed by atoms with Crippen LogP contribution in [0.25, 0.3) is 0 Å². The Bertz CT molecular complexity index is 536. The standard InChI is InChI=1S/C13H16ClN3O3/c1-15-7-9-4-5-16(8-9)13(18)11-6-10(14)2-3-12(11)17(19)20/h2-3,6,9,15H,4-5,7-8H2,1H3. The van der Waals surface area contributed by atoms with E-state index in [-0.39, 0.29) is 17.2 Å². The lowest BCUT2D eigenvalue weighted by Gasteiger charge is -2.16. The summed E-state index contributed by atoms with van der Waals surface area (Å²) in [6.07, 6.45) is 0.904. The number of nitro groups is 1. The average molecular weight is 298 g/mol. The molecule has 1 unspecified atom stereocenters. The van der Waals surface area contributed by atoms with E-state index in [9.17, 15) is 14.9 Å². The largest absolute Gasteiger partial charge is 0.338 e. The van der Waals surface area contributed by atoms with Crippen LogP contribution in [0.2, 0.25) is 5.02 Å². The molecule has 1 atom stereocenters. The van der Waals surface area contributed by atoms with Crippen LogP contribution in [0.4, 0.5) is 5.69 Å². The number of halogens is 1. The first-order chi connectivity index (χ1) is 9.52. The minimum Gasteiger partial charge on any atom is -0.338 e. The Hall–Kier alpha value is -1.66. The molecule has 0 radical (unpaired) electrons. The summed E-state index contributed by atoms with van der Waals surface area (Å²) in [6.45, 7) is 2.07. The van der Waals surface area contributed by atoms with Gasteiger partial charge in [0, 0.05) is 24.2 Å². The summed E-state index contributed by atoms with van der Waals surface area (Å²) in [5.41, 5.74) is -0.135. The molecule has 20 heavy (non-hydrogen) atoms. The molecule has 1 fully saturated rings. The van der Waals surface area contributed by atoms with Crippen LogP contribution >= 0.6 is 11.6 Å². The fraction of sp³-hybridized carbons (Fsp3) is 0.462. The molecular formula is C13H16ClN3O3. The number of nitrogens with one attached hydrogen (secondary N) is 1. The number of nitrogens with zero attached hydrogens (tertiary/aromatic N) is 2. The van der Waals surface area contributed by atoms with Gasteiger partial charge in [0.2, 0.25) is 0 Å². The molecule has 1 saturated heterocycles. The second kappa shape index (κ2) is 6.19. The van der Waals surface area contributed by atoms with Gasteiger partial charge in [-0.3, -0.25) is 14.9 Å². The molecule has 0 aliphatic carbocycles. The minimum atomic E-state index is -0.551. The molecule has 0 bridgehead atoms. The Morgan fingerprint density at radius 2 is 2.35 bits per heavy atom. The maximum atomic E-state index is 12.4. The molecule has 6 nitrogen and oxygen atoms in total. The first-order valence-corrected chi connectivity index (χ1v) is 6.78. The fourth-order valence-corrected chi connectivity index (χ4v) is 2.65. The first-order valence-electron chi connectivity index (χ1n) is 6.40. The van der Waals surface area contributed by atoms with Crippen molar-refractivity contribution in [2.75, 3.05) is 26.7 Å². The van der Waals surface area contributed by atoms with Gasteiger partial charge in [-0.1, -0.05) is 11.6 Å². The van der Waals surface area contributed by atoms with Crippen LogP contribution in [-0.2, 0) is 0 Å². The number of carbonyl (C=O) groups is 1. The molecule has 1 aromatic rings. The summed E-state index contributed by atoms with van der Waals surface area (Å²) in [7, 11) is 1.87. The summed E-state index contributed by atoms with van der Waals surface area (Å²) in [6, 6.07) is 4.06. The van der Waals surface area contributed by atoms with E-state index in [0.29, 0.717) is 24.0 Å². The van der Waals surface area contributed by atoms with Gasteiger partial charge in [-0.25, -0.2) is 0 Å². The monoisotopic (exact) mass is 297 g/mol. The highest BCUT2D eigenvalue weighted by molar-refractivity contribution is 6.31. The summed E-state index contributed by atoms with van der Waals surface area (Å²) in [4.78, 5) is 24.5. The highest BCUT2D eigenvalue weighted by Crippen LogP contribution is 2.26. The van der Waals surface area contributed by atoms with Crippen LogP contribution in [0.15, 0.2) is 18.2 Å². The van der Waals surface area contributed by atoms with Gasteiger partial charge >= 0.3 is 0 Å². The Morgan fingerprint density at radius 1 is 1.60 bits per heavy atom. The topological polar surface area (TPSA) is 75.5 Å². The molecule has 1 aromatic carbocycles. The predicted molar refractivity (Wildman–Crippen MR) is 76.0 cm³/mol. The molecule has 108 valence electrons. The quantitative estimate of drug-likeness (QED) is 0.680. The van der Waals surface area contributed by atoms with Crippen molar-refractivity contribution in [1.29, 1.82) is 0 Å². The number of benzene rings is 1. The number of carbonyl (C=O) groups excluding carboxylic acids is 1. The van der Waals surface area contributed by atoms with Crippen LogP contribution in [-0.4, -0.2) is 42.4 Å². The van der Waals surface area contributed by atoms with E-state index >= 15 is 0 Å². The minimum absolute atomic E-state index is 0.0626. The molecule has 1 aliphatic rings. The summed E-state index contributed by atoms with van der Waals surface area (Å²) in [5.74, 6) is 0.0694. The molecule has 2 rings (SSSR count). The van der Waals surface area contributed by atoms with Gasteiger partial charge in [-0.05, 0) is 38.1 Å². The Morgan fingerprint density at radius 3 is 3.00 bits per heavy atom. The Balaban J connectivity index is 2.21. The lowest BCUT2D eigenvalue weighted by Crippen LogP contribution is -2.30. The van der Waals surface area contributed by atoms with E-state index in [1.54, 1.807) is 4.90 Å². The van der Waals surface area contributed by atoms with Crippen molar-refractivity contribution >= 4 is 23.2 Å². The number of hydrogen-bond donors (Lipinski definition) is 1. The van der Waals surface area contributed by atoms with Crippen molar-refractivity contribution in [3.8, 4) is 0 Å². The molecule has 0 aromatic heterocycles. The van der Waals surface area contributed by atoms with Gasteiger partial charge in [-0.15, -0.1) is 0 Å². The molecule has 1 heterocycles. The zero-order valence-electron chi connectivity index (χ0n) is 11.1. The van der Waals surface area contributed by atoms with Crippen molar-refractivity contribution in [2.24, 2.45) is 5.92 Å². The molecule has 7 heteroatoms. The number of hydrogen-bond acceptors (Lipinski definition) is 4. The van der Waals surface area contributed by atoms with Crippen molar-refractivity contribution in [3.63, 3.8) is 0 Å². The van der Waals surface area contributed by atoms with Gasteiger partial charge in [0.1, 0.15) is 5.56 Å². The van der Waals surface area contributed by atoms with E-state index in [2.05, 4.69) is 5.32 Å². The summed E-state index contributed by atoms with van der Waals surface area (Å²) < 4.78 is 0. The van der Waals surface area contributed by atoms with Gasteiger partial charge in [0.25, 0.3) is 11.6 Å². The van der Waals surface area contributed by atoms with Gasteiger partial charge in [0.15, 0.2) is 0 Å². The molecular weight excluding hydrogens is 282 g/mol. The Labute approximate surface area is 121 Å². The third kappa shape index (κ3) is 3.08. The predicted octanol–water partition coefficient (Wildman–Crippen LogP) is 1.93. The maximum Gasteiger partial charge on any atom is 0.282 e.